The van der Waals surface area contributed by atoms with Crippen molar-refractivity contribution < 1.29 is 0 Å². The van der Waals surface area contributed by atoms with Gasteiger partial charge < -0.3 is 15.1 Å². The van der Waals surface area contributed by atoms with Gasteiger partial charge in [-0.2, -0.15) is 0 Å². The molecule has 0 aliphatic carbocycles. The maximum atomic E-state index is 5.00. The number of hydrogen-bond donors (Lipinski definition) is 1. The van der Waals surface area contributed by atoms with Crippen LogP contribution in [0.25, 0.3) is 0 Å². The van der Waals surface area contributed by atoms with E-state index in [1.807, 2.05) is 0 Å². The number of piperidine rings is 1. The molecule has 2 heterocycles. The van der Waals surface area contributed by atoms with E-state index in [1.165, 1.54) is 44.3 Å². The molecule has 1 N–H and O–H groups in total. The Labute approximate surface area is 176 Å². The van der Waals surface area contributed by atoms with Crippen molar-refractivity contribution in [2.75, 3.05) is 46.3 Å². The predicted molar refractivity (Wildman–Crippen MR) is 121 cm³/mol. The van der Waals surface area contributed by atoms with Crippen molar-refractivity contribution in [1.29, 1.82) is 0 Å². The van der Waals surface area contributed by atoms with Crippen molar-refractivity contribution in [3.05, 3.63) is 35.9 Å². The normalized spacial score (nSPS) is 24.4. The molecule has 0 spiro atoms. The average Bonchev–Trinajstić information content (AvgIpc) is 3.08. The van der Waals surface area contributed by atoms with Crippen LogP contribution >= 0.6 is 24.0 Å². The largest absolute Gasteiger partial charge is 0.357 e. The first-order valence-corrected chi connectivity index (χ1v) is 10.00. The van der Waals surface area contributed by atoms with Gasteiger partial charge in [-0.25, -0.2) is 0 Å². The number of benzene rings is 1. The van der Waals surface area contributed by atoms with Crippen LogP contribution in [0, 0.1) is 11.8 Å². The minimum atomic E-state index is 0. The van der Waals surface area contributed by atoms with Gasteiger partial charge in [-0.15, -0.1) is 24.0 Å². The molecule has 2 atom stereocenters. The molecule has 1 aromatic rings. The second-order valence-corrected chi connectivity index (χ2v) is 7.76. The van der Waals surface area contributed by atoms with Gasteiger partial charge in [0.25, 0.3) is 0 Å². The summed E-state index contributed by atoms with van der Waals surface area (Å²) in [5, 5.41) is 3.52. The van der Waals surface area contributed by atoms with Gasteiger partial charge in [0.15, 0.2) is 5.96 Å². The predicted octanol–water partition coefficient (Wildman–Crippen LogP) is 3.48. The van der Waals surface area contributed by atoms with E-state index in [9.17, 15) is 0 Å². The van der Waals surface area contributed by atoms with Crippen molar-refractivity contribution in [3.63, 3.8) is 0 Å². The molecule has 2 saturated heterocycles. The Morgan fingerprint density at radius 2 is 1.92 bits per heavy atom. The summed E-state index contributed by atoms with van der Waals surface area (Å²) in [4.78, 5) is 9.92. The highest BCUT2D eigenvalue weighted by Gasteiger charge is 2.25. The molecule has 1 aromatic carbocycles. The molecule has 4 nitrogen and oxygen atoms in total. The van der Waals surface area contributed by atoms with E-state index in [0.29, 0.717) is 0 Å². The number of halogens is 1. The average molecular weight is 470 g/mol. The summed E-state index contributed by atoms with van der Waals surface area (Å²) in [7, 11) is 2.23. The number of aliphatic imine (C=N–C) groups is 1. The Balaban J connectivity index is 0.00000243. The van der Waals surface area contributed by atoms with Gasteiger partial charge in [-0.1, -0.05) is 30.3 Å². The highest BCUT2D eigenvalue weighted by Crippen LogP contribution is 2.21. The second-order valence-electron chi connectivity index (χ2n) is 7.76. The molecule has 2 aliphatic rings. The lowest BCUT2D eigenvalue weighted by atomic mass is 9.99. The monoisotopic (exact) mass is 470 g/mol. The third kappa shape index (κ3) is 6.41. The Hall–Kier alpha value is -0.820. The van der Waals surface area contributed by atoms with Gasteiger partial charge in [-0.3, -0.25) is 4.99 Å². The van der Waals surface area contributed by atoms with E-state index in [-0.39, 0.29) is 24.0 Å². The zero-order valence-electron chi connectivity index (χ0n) is 16.4. The quantitative estimate of drug-likeness (QED) is 0.406. The van der Waals surface area contributed by atoms with E-state index in [4.69, 9.17) is 4.99 Å². The molecule has 0 saturated carbocycles. The van der Waals surface area contributed by atoms with Gasteiger partial charge in [0.2, 0.25) is 0 Å². The fourth-order valence-corrected chi connectivity index (χ4v) is 4.20. The summed E-state index contributed by atoms with van der Waals surface area (Å²) in [6, 6.07) is 10.9. The van der Waals surface area contributed by atoms with E-state index in [0.717, 1.165) is 44.0 Å². The highest BCUT2D eigenvalue weighted by atomic mass is 127. The number of likely N-dealkylation sites (tertiary alicyclic amines) is 2. The van der Waals surface area contributed by atoms with Gasteiger partial charge in [-0.05, 0) is 63.6 Å². The van der Waals surface area contributed by atoms with E-state index in [2.05, 4.69) is 59.4 Å². The molecule has 26 heavy (non-hydrogen) atoms. The lowest BCUT2D eigenvalue weighted by Crippen LogP contribution is -2.41. The van der Waals surface area contributed by atoms with Crippen LogP contribution < -0.4 is 5.32 Å². The minimum Gasteiger partial charge on any atom is -0.357 e. The number of rotatable bonds is 5. The van der Waals surface area contributed by atoms with Crippen LogP contribution in [-0.2, 0) is 6.42 Å². The number of guanidine groups is 1. The van der Waals surface area contributed by atoms with Crippen molar-refractivity contribution in [2.24, 2.45) is 16.8 Å². The van der Waals surface area contributed by atoms with Gasteiger partial charge >= 0.3 is 0 Å². The Morgan fingerprint density at radius 1 is 1.12 bits per heavy atom. The van der Waals surface area contributed by atoms with Crippen LogP contribution in [0.15, 0.2) is 35.3 Å². The molecule has 2 aliphatic heterocycles. The molecule has 2 fully saturated rings. The Kier molecular flexibility index (Phi) is 9.19. The molecule has 0 radical (unpaired) electrons. The lowest BCUT2D eigenvalue weighted by Gasteiger charge is -2.29. The first-order chi connectivity index (χ1) is 12.2. The molecule has 3 rings (SSSR count). The van der Waals surface area contributed by atoms with Gasteiger partial charge in [0.1, 0.15) is 0 Å². The van der Waals surface area contributed by atoms with Crippen molar-refractivity contribution >= 4 is 29.9 Å². The Bertz CT molecular complexity index is 548. The standard InChI is InChI=1S/C21H34N4.HI/c1-3-22-21(23-15-20-10-7-12-24(2)16-20)25-13-11-19(17-25)14-18-8-5-4-6-9-18;/h4-6,8-9,19-20H,3,7,10-17H2,1-2H3,(H,22,23);1H. The van der Waals surface area contributed by atoms with Gasteiger partial charge in [0.05, 0.1) is 0 Å². The second kappa shape index (κ2) is 11.1. The molecule has 0 aromatic heterocycles. The summed E-state index contributed by atoms with van der Waals surface area (Å²) >= 11 is 0. The van der Waals surface area contributed by atoms with Crippen LogP contribution in [-0.4, -0.2) is 62.1 Å². The van der Waals surface area contributed by atoms with Crippen LogP contribution in [0.1, 0.15) is 31.7 Å². The summed E-state index contributed by atoms with van der Waals surface area (Å²) in [6.07, 6.45) is 5.09. The third-order valence-corrected chi connectivity index (χ3v) is 5.51. The van der Waals surface area contributed by atoms with E-state index >= 15 is 0 Å². The molecule has 0 bridgehead atoms. The Morgan fingerprint density at radius 3 is 2.65 bits per heavy atom. The number of hydrogen-bond acceptors (Lipinski definition) is 2. The number of nitrogens with zero attached hydrogens (tertiary/aromatic N) is 3. The molecular weight excluding hydrogens is 435 g/mol. The lowest BCUT2D eigenvalue weighted by molar-refractivity contribution is 0.214. The van der Waals surface area contributed by atoms with Crippen molar-refractivity contribution in [2.45, 2.75) is 32.6 Å². The number of nitrogens with one attached hydrogen (secondary N) is 1. The summed E-state index contributed by atoms with van der Waals surface area (Å²) in [5.41, 5.74) is 1.46. The minimum absolute atomic E-state index is 0. The third-order valence-electron chi connectivity index (χ3n) is 5.51. The first-order valence-electron chi connectivity index (χ1n) is 10.00. The summed E-state index contributed by atoms with van der Waals surface area (Å²) in [6.45, 7) is 8.78. The van der Waals surface area contributed by atoms with Crippen LogP contribution in [0.5, 0.6) is 0 Å². The van der Waals surface area contributed by atoms with Crippen molar-refractivity contribution in [1.82, 2.24) is 15.1 Å². The molecule has 146 valence electrons. The highest BCUT2D eigenvalue weighted by molar-refractivity contribution is 14.0. The van der Waals surface area contributed by atoms with Crippen molar-refractivity contribution in [3.8, 4) is 0 Å². The fraction of sp³-hybridized carbons (Fsp3) is 0.667. The fourth-order valence-electron chi connectivity index (χ4n) is 4.20. The topological polar surface area (TPSA) is 30.9 Å². The zero-order valence-corrected chi connectivity index (χ0v) is 18.7. The molecule has 5 heteroatoms. The summed E-state index contributed by atoms with van der Waals surface area (Å²) < 4.78 is 0. The van der Waals surface area contributed by atoms with Crippen LogP contribution in [0.4, 0.5) is 0 Å². The van der Waals surface area contributed by atoms with E-state index < -0.39 is 0 Å². The van der Waals surface area contributed by atoms with Crippen LogP contribution in [0.2, 0.25) is 0 Å². The maximum absolute atomic E-state index is 5.00. The SMILES string of the molecule is CCNC(=NCC1CCCN(C)C1)N1CCC(Cc2ccccc2)C1.I. The first kappa shape index (κ1) is 21.5. The molecular formula is C21H35IN4. The molecule has 0 amide bonds. The summed E-state index contributed by atoms with van der Waals surface area (Å²) in [5.74, 6) is 2.59. The van der Waals surface area contributed by atoms with Gasteiger partial charge in [0, 0.05) is 32.7 Å². The molecule has 2 unspecified atom stereocenters. The zero-order chi connectivity index (χ0) is 17.5. The van der Waals surface area contributed by atoms with E-state index in [1.54, 1.807) is 0 Å². The van der Waals surface area contributed by atoms with Crippen LogP contribution in [0.3, 0.4) is 0 Å². The maximum Gasteiger partial charge on any atom is 0.193 e. The smallest absolute Gasteiger partial charge is 0.193 e.